The molecule has 1 aromatic heterocycles. The largest absolute Gasteiger partial charge is 0.303 e. The molecule has 0 aliphatic carbocycles. The van der Waals surface area contributed by atoms with E-state index in [1.54, 1.807) is 0 Å². The van der Waals surface area contributed by atoms with Gasteiger partial charge < -0.3 is 4.90 Å². The molecule has 4 heteroatoms. The van der Waals surface area contributed by atoms with Crippen molar-refractivity contribution in [3.8, 4) is 0 Å². The zero-order valence-corrected chi connectivity index (χ0v) is 12.7. The Morgan fingerprint density at radius 2 is 2.10 bits per heavy atom. The third-order valence-corrected chi connectivity index (χ3v) is 5.26. The van der Waals surface area contributed by atoms with E-state index in [4.69, 9.17) is 4.98 Å². The Balaban J connectivity index is 1.96. The number of aryl methyl sites for hydroxylation is 1. The zero-order chi connectivity index (χ0) is 14.6. The van der Waals surface area contributed by atoms with Gasteiger partial charge in [-0.05, 0) is 51.4 Å². The van der Waals surface area contributed by atoms with E-state index in [0.29, 0.717) is 12.0 Å². The smallest absolute Gasteiger partial charge is 0.261 e. The molecule has 2 aliphatic rings. The van der Waals surface area contributed by atoms with E-state index in [0.717, 1.165) is 48.2 Å². The molecule has 1 fully saturated rings. The summed E-state index contributed by atoms with van der Waals surface area (Å²) < 4.78 is 1.94. The van der Waals surface area contributed by atoms with Gasteiger partial charge in [-0.15, -0.1) is 0 Å². The van der Waals surface area contributed by atoms with Gasteiger partial charge in [0.15, 0.2) is 0 Å². The topological polar surface area (TPSA) is 38.1 Å². The predicted octanol–water partition coefficient (Wildman–Crippen LogP) is 2.29. The van der Waals surface area contributed by atoms with Crippen molar-refractivity contribution in [2.75, 3.05) is 13.6 Å². The second-order valence-corrected chi connectivity index (χ2v) is 6.48. The molecule has 1 saturated heterocycles. The third kappa shape index (κ3) is 1.85. The SMILES string of the molecule is Cc1cccc2nc3n(c(=O)c12)CC[C@@H]1[C@H]3CCCN1C. The molecular formula is C17H21N3O. The Morgan fingerprint density at radius 3 is 2.95 bits per heavy atom. The maximum Gasteiger partial charge on any atom is 0.261 e. The van der Waals surface area contributed by atoms with Crippen molar-refractivity contribution in [3.05, 3.63) is 39.9 Å². The monoisotopic (exact) mass is 283 g/mol. The van der Waals surface area contributed by atoms with Crippen molar-refractivity contribution < 1.29 is 0 Å². The Morgan fingerprint density at radius 1 is 1.24 bits per heavy atom. The minimum Gasteiger partial charge on any atom is -0.303 e. The average molecular weight is 283 g/mol. The molecule has 2 atom stereocenters. The number of hydrogen-bond donors (Lipinski definition) is 0. The minimum absolute atomic E-state index is 0.153. The highest BCUT2D eigenvalue weighted by Gasteiger charge is 2.36. The van der Waals surface area contributed by atoms with Crippen molar-refractivity contribution >= 4 is 10.9 Å². The Labute approximate surface area is 124 Å². The quantitative estimate of drug-likeness (QED) is 0.744. The van der Waals surface area contributed by atoms with Crippen LogP contribution in [0.5, 0.6) is 0 Å². The number of likely N-dealkylation sites (tertiary alicyclic amines) is 1. The highest BCUT2D eigenvalue weighted by atomic mass is 16.1. The first kappa shape index (κ1) is 13.0. The molecule has 0 bridgehead atoms. The van der Waals surface area contributed by atoms with Gasteiger partial charge >= 0.3 is 0 Å². The van der Waals surface area contributed by atoms with Gasteiger partial charge in [-0.3, -0.25) is 9.36 Å². The Bertz CT molecular complexity index is 764. The van der Waals surface area contributed by atoms with Crippen LogP contribution in [-0.2, 0) is 6.54 Å². The van der Waals surface area contributed by atoms with Crippen LogP contribution >= 0.6 is 0 Å². The maximum atomic E-state index is 12.9. The molecule has 2 aliphatic heterocycles. The summed E-state index contributed by atoms with van der Waals surface area (Å²) in [4.78, 5) is 20.2. The molecule has 0 N–H and O–H groups in total. The van der Waals surface area contributed by atoms with E-state index in [1.165, 1.54) is 6.42 Å². The number of rotatable bonds is 0. The normalized spacial score (nSPS) is 25.6. The van der Waals surface area contributed by atoms with E-state index in [2.05, 4.69) is 11.9 Å². The molecule has 0 amide bonds. The zero-order valence-electron chi connectivity index (χ0n) is 12.7. The first-order valence-corrected chi connectivity index (χ1v) is 7.87. The summed E-state index contributed by atoms with van der Waals surface area (Å²) in [7, 11) is 2.20. The van der Waals surface area contributed by atoms with E-state index in [1.807, 2.05) is 29.7 Å². The van der Waals surface area contributed by atoms with Gasteiger partial charge in [0.05, 0.1) is 10.9 Å². The number of fused-ring (bicyclic) bond motifs is 4. The first-order chi connectivity index (χ1) is 10.2. The lowest BCUT2D eigenvalue weighted by molar-refractivity contribution is 0.123. The van der Waals surface area contributed by atoms with Crippen LogP contribution in [0.15, 0.2) is 23.0 Å². The maximum absolute atomic E-state index is 12.9. The molecule has 21 heavy (non-hydrogen) atoms. The molecule has 0 unspecified atom stereocenters. The summed E-state index contributed by atoms with van der Waals surface area (Å²) in [5, 5.41) is 0.795. The lowest BCUT2D eigenvalue weighted by atomic mass is 9.84. The Hall–Kier alpha value is -1.68. The van der Waals surface area contributed by atoms with Crippen LogP contribution in [0.3, 0.4) is 0 Å². The van der Waals surface area contributed by atoms with Gasteiger partial charge in [-0.1, -0.05) is 12.1 Å². The fourth-order valence-electron chi connectivity index (χ4n) is 4.16. The Kier molecular flexibility index (Phi) is 2.89. The van der Waals surface area contributed by atoms with Crippen LogP contribution in [0, 0.1) is 6.92 Å². The number of hydrogen-bond acceptors (Lipinski definition) is 3. The average Bonchev–Trinajstić information content (AvgIpc) is 2.48. The van der Waals surface area contributed by atoms with Crippen LogP contribution in [0.4, 0.5) is 0 Å². The van der Waals surface area contributed by atoms with Crippen LogP contribution in [0.1, 0.15) is 36.6 Å². The third-order valence-electron chi connectivity index (χ3n) is 5.26. The molecule has 110 valence electrons. The summed E-state index contributed by atoms with van der Waals surface area (Å²) in [6.07, 6.45) is 3.41. The lowest BCUT2D eigenvalue weighted by Crippen LogP contribution is -2.47. The summed E-state index contributed by atoms with van der Waals surface area (Å²) in [6.45, 7) is 3.97. The fourth-order valence-corrected chi connectivity index (χ4v) is 4.16. The molecule has 4 rings (SSSR count). The highest BCUT2D eigenvalue weighted by Crippen LogP contribution is 2.36. The second kappa shape index (κ2) is 4.67. The first-order valence-electron chi connectivity index (χ1n) is 7.87. The summed E-state index contributed by atoms with van der Waals surface area (Å²) in [6, 6.07) is 6.51. The number of benzene rings is 1. The van der Waals surface area contributed by atoms with E-state index in [-0.39, 0.29) is 5.56 Å². The summed E-state index contributed by atoms with van der Waals surface area (Å²) in [5.74, 6) is 1.43. The summed E-state index contributed by atoms with van der Waals surface area (Å²) in [5.41, 5.74) is 2.04. The lowest BCUT2D eigenvalue weighted by Gasteiger charge is -2.42. The van der Waals surface area contributed by atoms with Gasteiger partial charge in [0.1, 0.15) is 5.82 Å². The predicted molar refractivity (Wildman–Crippen MR) is 83.8 cm³/mol. The van der Waals surface area contributed by atoms with Crippen LogP contribution < -0.4 is 5.56 Å². The number of nitrogens with zero attached hydrogens (tertiary/aromatic N) is 3. The van der Waals surface area contributed by atoms with E-state index >= 15 is 0 Å². The number of aromatic nitrogens is 2. The van der Waals surface area contributed by atoms with Crippen molar-refractivity contribution in [1.29, 1.82) is 0 Å². The van der Waals surface area contributed by atoms with Crippen LogP contribution in [-0.4, -0.2) is 34.1 Å². The highest BCUT2D eigenvalue weighted by molar-refractivity contribution is 5.81. The van der Waals surface area contributed by atoms with Crippen molar-refractivity contribution in [3.63, 3.8) is 0 Å². The van der Waals surface area contributed by atoms with E-state index < -0.39 is 0 Å². The van der Waals surface area contributed by atoms with Crippen molar-refractivity contribution in [2.45, 2.75) is 44.7 Å². The van der Waals surface area contributed by atoms with Gasteiger partial charge in [-0.2, -0.15) is 0 Å². The molecule has 0 spiro atoms. The van der Waals surface area contributed by atoms with Crippen LogP contribution in [0.25, 0.3) is 10.9 Å². The minimum atomic E-state index is 0.153. The van der Waals surface area contributed by atoms with Crippen LogP contribution in [0.2, 0.25) is 0 Å². The second-order valence-electron chi connectivity index (χ2n) is 6.48. The van der Waals surface area contributed by atoms with Gasteiger partial charge in [0, 0.05) is 18.5 Å². The molecule has 1 aromatic carbocycles. The standard InChI is InChI=1S/C17H21N3O/c1-11-5-3-7-13-15(11)17(21)20-10-8-14-12(16(20)18-13)6-4-9-19(14)2/h3,5,7,12,14H,4,6,8-10H2,1-2H3/t12-,14-/m1/s1. The van der Waals surface area contributed by atoms with Crippen molar-refractivity contribution in [2.24, 2.45) is 0 Å². The van der Waals surface area contributed by atoms with Crippen molar-refractivity contribution in [1.82, 2.24) is 14.5 Å². The van der Waals surface area contributed by atoms with Gasteiger partial charge in [-0.25, -0.2) is 4.98 Å². The molecule has 2 aromatic rings. The van der Waals surface area contributed by atoms with E-state index in [9.17, 15) is 4.79 Å². The van der Waals surface area contributed by atoms with Gasteiger partial charge in [0.2, 0.25) is 0 Å². The number of likely N-dealkylation sites (N-methyl/N-ethyl adjacent to an activating group) is 1. The molecule has 0 saturated carbocycles. The number of piperidine rings is 1. The fraction of sp³-hybridized carbons (Fsp3) is 0.529. The molecule has 4 nitrogen and oxygen atoms in total. The molecule has 3 heterocycles. The van der Waals surface area contributed by atoms with Gasteiger partial charge in [0.25, 0.3) is 5.56 Å². The summed E-state index contributed by atoms with van der Waals surface area (Å²) >= 11 is 0. The molecule has 0 radical (unpaired) electrons. The molecular weight excluding hydrogens is 262 g/mol.